The summed E-state index contributed by atoms with van der Waals surface area (Å²) in [6.45, 7) is 8.94. The SMILES string of the molecule is CC(C)c1cnc(-c2ccc(NC(=O)NCCN3CCOCC3)cc2)o1. The molecule has 3 rings (SSSR count). The first kappa shape index (κ1) is 18.4. The molecule has 0 atom stereocenters. The fourth-order valence-electron chi connectivity index (χ4n) is 2.71. The Balaban J connectivity index is 1.46. The summed E-state index contributed by atoms with van der Waals surface area (Å²) in [7, 11) is 0. The van der Waals surface area contributed by atoms with Gasteiger partial charge in [-0.25, -0.2) is 9.78 Å². The molecule has 0 saturated carbocycles. The highest BCUT2D eigenvalue weighted by Crippen LogP contribution is 2.24. The van der Waals surface area contributed by atoms with Crippen LogP contribution in [-0.2, 0) is 4.74 Å². The number of hydrogen-bond donors (Lipinski definition) is 2. The number of morpholine rings is 1. The minimum absolute atomic E-state index is 0.204. The molecule has 0 unspecified atom stereocenters. The highest BCUT2D eigenvalue weighted by Gasteiger charge is 2.11. The van der Waals surface area contributed by atoms with Crippen LogP contribution in [-0.4, -0.2) is 55.3 Å². The first-order chi connectivity index (χ1) is 12.6. The number of nitrogens with one attached hydrogen (secondary N) is 2. The van der Waals surface area contributed by atoms with Gasteiger partial charge in [-0.2, -0.15) is 0 Å². The monoisotopic (exact) mass is 358 g/mol. The second-order valence-electron chi connectivity index (χ2n) is 6.63. The normalized spacial score (nSPS) is 15.2. The van der Waals surface area contributed by atoms with E-state index in [0.717, 1.165) is 49.9 Å². The van der Waals surface area contributed by atoms with Crippen LogP contribution < -0.4 is 10.6 Å². The van der Waals surface area contributed by atoms with Gasteiger partial charge in [0.25, 0.3) is 0 Å². The zero-order valence-corrected chi connectivity index (χ0v) is 15.3. The maximum Gasteiger partial charge on any atom is 0.319 e. The molecule has 1 aliphatic rings. The lowest BCUT2D eigenvalue weighted by Crippen LogP contribution is -2.42. The molecule has 140 valence electrons. The number of rotatable bonds is 6. The number of benzene rings is 1. The largest absolute Gasteiger partial charge is 0.441 e. The molecule has 2 N–H and O–H groups in total. The van der Waals surface area contributed by atoms with Crippen LogP contribution >= 0.6 is 0 Å². The van der Waals surface area contributed by atoms with Gasteiger partial charge in [-0.05, 0) is 24.3 Å². The van der Waals surface area contributed by atoms with E-state index in [0.29, 0.717) is 18.4 Å². The van der Waals surface area contributed by atoms with Crippen LogP contribution in [0, 0.1) is 0 Å². The van der Waals surface area contributed by atoms with E-state index >= 15 is 0 Å². The van der Waals surface area contributed by atoms with Crippen molar-refractivity contribution in [2.24, 2.45) is 0 Å². The van der Waals surface area contributed by atoms with Crippen molar-refractivity contribution in [3.05, 3.63) is 36.2 Å². The quantitative estimate of drug-likeness (QED) is 0.830. The number of hydrogen-bond acceptors (Lipinski definition) is 5. The van der Waals surface area contributed by atoms with Crippen molar-refractivity contribution in [2.45, 2.75) is 19.8 Å². The number of urea groups is 1. The summed E-state index contributed by atoms with van der Waals surface area (Å²) in [6, 6.07) is 7.26. The first-order valence-electron chi connectivity index (χ1n) is 9.03. The Labute approximate surface area is 153 Å². The molecule has 2 amide bonds. The Morgan fingerprint density at radius 3 is 2.62 bits per heavy atom. The summed E-state index contributed by atoms with van der Waals surface area (Å²) in [5, 5.41) is 5.71. The molecule has 26 heavy (non-hydrogen) atoms. The molecule has 7 heteroatoms. The zero-order valence-electron chi connectivity index (χ0n) is 15.3. The highest BCUT2D eigenvalue weighted by atomic mass is 16.5. The Bertz CT molecular complexity index is 706. The predicted octanol–water partition coefficient (Wildman–Crippen LogP) is 2.92. The molecule has 1 saturated heterocycles. The molecule has 1 aliphatic heterocycles. The third-order valence-electron chi connectivity index (χ3n) is 4.30. The van der Waals surface area contributed by atoms with E-state index in [4.69, 9.17) is 9.15 Å². The average Bonchev–Trinajstić information content (AvgIpc) is 3.14. The number of carbonyl (C=O) groups is 1. The van der Waals surface area contributed by atoms with E-state index in [1.54, 1.807) is 6.20 Å². The molecule has 0 radical (unpaired) electrons. The van der Waals surface area contributed by atoms with Crippen LogP contribution in [0.25, 0.3) is 11.5 Å². The summed E-state index contributed by atoms with van der Waals surface area (Å²) in [4.78, 5) is 18.6. The number of oxazole rings is 1. The number of nitrogens with zero attached hydrogens (tertiary/aromatic N) is 2. The standard InChI is InChI=1S/C19H26N4O3/c1-14(2)17-13-21-18(26-17)15-3-5-16(6-4-15)22-19(24)20-7-8-23-9-11-25-12-10-23/h3-6,13-14H,7-12H2,1-2H3,(H2,20,22,24). The number of amides is 2. The molecular weight excluding hydrogens is 332 g/mol. The average molecular weight is 358 g/mol. The zero-order chi connectivity index (χ0) is 18.4. The molecular formula is C19H26N4O3. The van der Waals surface area contributed by atoms with Gasteiger partial charge in [0.05, 0.1) is 19.4 Å². The molecule has 0 spiro atoms. The lowest BCUT2D eigenvalue weighted by molar-refractivity contribution is 0.0388. The van der Waals surface area contributed by atoms with Gasteiger partial charge in [-0.3, -0.25) is 4.90 Å². The molecule has 2 aromatic rings. The summed E-state index contributed by atoms with van der Waals surface area (Å²) >= 11 is 0. The molecule has 1 fully saturated rings. The number of aromatic nitrogens is 1. The van der Waals surface area contributed by atoms with Crippen molar-refractivity contribution in [1.29, 1.82) is 0 Å². The summed E-state index contributed by atoms with van der Waals surface area (Å²) in [5.74, 6) is 1.76. The maximum absolute atomic E-state index is 12.0. The van der Waals surface area contributed by atoms with Gasteiger partial charge in [-0.15, -0.1) is 0 Å². The van der Waals surface area contributed by atoms with Crippen molar-refractivity contribution in [1.82, 2.24) is 15.2 Å². The first-order valence-corrected chi connectivity index (χ1v) is 9.03. The molecule has 1 aromatic heterocycles. The lowest BCUT2D eigenvalue weighted by Gasteiger charge is -2.26. The number of anilines is 1. The van der Waals surface area contributed by atoms with Crippen LogP contribution in [0.3, 0.4) is 0 Å². The lowest BCUT2D eigenvalue weighted by atomic mass is 10.2. The van der Waals surface area contributed by atoms with Crippen LogP contribution in [0.4, 0.5) is 10.5 Å². The van der Waals surface area contributed by atoms with Gasteiger partial charge in [-0.1, -0.05) is 13.8 Å². The maximum atomic E-state index is 12.0. The Kier molecular flexibility index (Phi) is 6.25. The summed E-state index contributed by atoms with van der Waals surface area (Å²) in [5.41, 5.74) is 1.61. The molecule has 2 heterocycles. The Morgan fingerprint density at radius 1 is 1.23 bits per heavy atom. The van der Waals surface area contributed by atoms with Crippen LogP contribution in [0.2, 0.25) is 0 Å². The summed E-state index contributed by atoms with van der Waals surface area (Å²) < 4.78 is 11.0. The van der Waals surface area contributed by atoms with Crippen molar-refractivity contribution < 1.29 is 13.9 Å². The van der Waals surface area contributed by atoms with E-state index < -0.39 is 0 Å². The van der Waals surface area contributed by atoms with Gasteiger partial charge in [0.15, 0.2) is 0 Å². The van der Waals surface area contributed by atoms with Gasteiger partial charge in [0.1, 0.15) is 5.76 Å². The van der Waals surface area contributed by atoms with Crippen LogP contribution in [0.5, 0.6) is 0 Å². The van der Waals surface area contributed by atoms with Gasteiger partial charge < -0.3 is 19.8 Å². The van der Waals surface area contributed by atoms with E-state index in [1.165, 1.54) is 0 Å². The second kappa shape index (κ2) is 8.82. The van der Waals surface area contributed by atoms with Crippen LogP contribution in [0.15, 0.2) is 34.9 Å². The van der Waals surface area contributed by atoms with Crippen molar-refractivity contribution >= 4 is 11.7 Å². The number of ether oxygens (including phenoxy) is 1. The fraction of sp³-hybridized carbons (Fsp3) is 0.474. The fourth-order valence-corrected chi connectivity index (χ4v) is 2.71. The topological polar surface area (TPSA) is 79.6 Å². The van der Waals surface area contributed by atoms with E-state index in [-0.39, 0.29) is 6.03 Å². The highest BCUT2D eigenvalue weighted by molar-refractivity contribution is 5.89. The smallest absolute Gasteiger partial charge is 0.319 e. The van der Waals surface area contributed by atoms with Crippen molar-refractivity contribution in [3.63, 3.8) is 0 Å². The third-order valence-corrected chi connectivity index (χ3v) is 4.30. The second-order valence-corrected chi connectivity index (χ2v) is 6.63. The Morgan fingerprint density at radius 2 is 1.96 bits per heavy atom. The number of carbonyl (C=O) groups excluding carboxylic acids is 1. The Hall–Kier alpha value is -2.38. The molecule has 0 bridgehead atoms. The van der Waals surface area contributed by atoms with Crippen molar-refractivity contribution in [2.75, 3.05) is 44.7 Å². The minimum atomic E-state index is -0.204. The van der Waals surface area contributed by atoms with Gasteiger partial charge in [0.2, 0.25) is 5.89 Å². The molecule has 0 aliphatic carbocycles. The molecule has 7 nitrogen and oxygen atoms in total. The van der Waals surface area contributed by atoms with E-state index in [2.05, 4.69) is 34.4 Å². The van der Waals surface area contributed by atoms with Gasteiger partial charge in [0, 0.05) is 43.3 Å². The van der Waals surface area contributed by atoms with E-state index in [1.807, 2.05) is 24.3 Å². The third kappa shape index (κ3) is 5.06. The summed E-state index contributed by atoms with van der Waals surface area (Å²) in [6.07, 6.45) is 1.76. The minimum Gasteiger partial charge on any atom is -0.441 e. The van der Waals surface area contributed by atoms with E-state index in [9.17, 15) is 4.79 Å². The van der Waals surface area contributed by atoms with Gasteiger partial charge >= 0.3 is 6.03 Å². The molecule has 1 aromatic carbocycles. The van der Waals surface area contributed by atoms with Crippen molar-refractivity contribution in [3.8, 4) is 11.5 Å². The predicted molar refractivity (Wildman–Crippen MR) is 100 cm³/mol. The van der Waals surface area contributed by atoms with Crippen LogP contribution in [0.1, 0.15) is 25.5 Å².